The van der Waals surface area contributed by atoms with Crippen molar-refractivity contribution in [1.82, 2.24) is 34.2 Å². The van der Waals surface area contributed by atoms with E-state index >= 15 is 0 Å². The minimum Gasteiger partial charge on any atom is -0.434 e. The summed E-state index contributed by atoms with van der Waals surface area (Å²) < 4.78 is 34.3. The lowest BCUT2D eigenvalue weighted by atomic mass is 10.0. The van der Waals surface area contributed by atoms with Crippen LogP contribution in [0.25, 0.3) is 16.9 Å². The van der Waals surface area contributed by atoms with Crippen LogP contribution in [0.3, 0.4) is 0 Å². The number of carbonyl (C=O) groups is 2. The summed E-state index contributed by atoms with van der Waals surface area (Å²) in [6.07, 6.45) is 7.07. The number of amides is 2. The van der Waals surface area contributed by atoms with Crippen molar-refractivity contribution in [3.8, 4) is 17.0 Å². The highest BCUT2D eigenvalue weighted by atomic mass is 35.5. The lowest BCUT2D eigenvalue weighted by Crippen LogP contribution is -2.35. The zero-order valence-corrected chi connectivity index (χ0v) is 25.9. The number of hydrogen-bond acceptors (Lipinski definition) is 7. The molecule has 2 aliphatic rings. The molecule has 5 heterocycles. The fraction of sp³-hybridized carbons (Fsp3) is 0.303. The molecule has 1 N–H and O–H groups in total. The Labute approximate surface area is 273 Å². The number of rotatable bonds is 10. The van der Waals surface area contributed by atoms with Gasteiger partial charge in [-0.3, -0.25) is 14.3 Å². The molecule has 0 saturated carbocycles. The van der Waals surface area contributed by atoms with Crippen LogP contribution >= 0.6 is 11.6 Å². The van der Waals surface area contributed by atoms with Crippen LogP contribution in [-0.4, -0.2) is 85.3 Å². The Balaban J connectivity index is 1.08. The molecule has 2 atom stereocenters. The maximum atomic E-state index is 13.5. The van der Waals surface area contributed by atoms with E-state index in [1.807, 2.05) is 11.0 Å². The average molecular weight is 661 g/mol. The number of alkyl halides is 2. The molecule has 0 bridgehead atoms. The summed E-state index contributed by atoms with van der Waals surface area (Å²) in [6, 6.07) is 16.2. The van der Waals surface area contributed by atoms with Crippen LogP contribution in [0.1, 0.15) is 15.9 Å². The SMILES string of the molecule is O=C(Nc1cn(CC(=O)N2C[C@H]3CN(CCc4ccccc4)C[C@H]3C2)nc1-c1cc(Cl)ccc1OC(F)F)c1cnn2cccnc12. The predicted octanol–water partition coefficient (Wildman–Crippen LogP) is 4.73. The summed E-state index contributed by atoms with van der Waals surface area (Å²) in [5, 5.41) is 11.8. The molecular formula is C33H31ClF2N8O3. The number of likely N-dealkylation sites (tertiary alicyclic amines) is 2. The van der Waals surface area contributed by atoms with Crippen molar-refractivity contribution < 1.29 is 23.1 Å². The monoisotopic (exact) mass is 660 g/mol. The smallest absolute Gasteiger partial charge is 0.387 e. The Morgan fingerprint density at radius 2 is 1.83 bits per heavy atom. The van der Waals surface area contributed by atoms with Crippen LogP contribution in [0.15, 0.2) is 79.4 Å². The molecule has 0 aliphatic carbocycles. The summed E-state index contributed by atoms with van der Waals surface area (Å²) >= 11 is 6.24. The number of hydrogen-bond donors (Lipinski definition) is 1. The zero-order valence-electron chi connectivity index (χ0n) is 25.2. The van der Waals surface area contributed by atoms with Crippen molar-refractivity contribution in [2.75, 3.05) is 38.0 Å². The van der Waals surface area contributed by atoms with Gasteiger partial charge in [0.05, 0.1) is 11.9 Å². The lowest BCUT2D eigenvalue weighted by molar-refractivity contribution is -0.131. The number of nitrogens with zero attached hydrogens (tertiary/aromatic N) is 7. The fourth-order valence-corrected chi connectivity index (χ4v) is 6.67. The molecule has 0 spiro atoms. The van der Waals surface area contributed by atoms with Gasteiger partial charge in [0, 0.05) is 61.9 Å². The van der Waals surface area contributed by atoms with Gasteiger partial charge < -0.3 is 19.9 Å². The predicted molar refractivity (Wildman–Crippen MR) is 170 cm³/mol. The van der Waals surface area contributed by atoms with Gasteiger partial charge in [-0.2, -0.15) is 19.0 Å². The number of benzene rings is 2. The van der Waals surface area contributed by atoms with E-state index in [0.29, 0.717) is 30.6 Å². The summed E-state index contributed by atoms with van der Waals surface area (Å²) in [5.74, 6) is -0.0497. The first-order valence-electron chi connectivity index (χ1n) is 15.3. The van der Waals surface area contributed by atoms with Gasteiger partial charge in [-0.15, -0.1) is 0 Å². The van der Waals surface area contributed by atoms with Crippen molar-refractivity contribution in [2.24, 2.45) is 11.8 Å². The fourth-order valence-electron chi connectivity index (χ4n) is 6.50. The van der Waals surface area contributed by atoms with E-state index in [0.717, 1.165) is 26.1 Å². The normalized spacial score (nSPS) is 17.8. The van der Waals surface area contributed by atoms with E-state index in [1.165, 1.54) is 51.6 Å². The highest BCUT2D eigenvalue weighted by molar-refractivity contribution is 6.31. The minimum absolute atomic E-state index is 0.107. The van der Waals surface area contributed by atoms with Gasteiger partial charge in [-0.05, 0) is 48.1 Å². The lowest BCUT2D eigenvalue weighted by Gasteiger charge is -2.21. The van der Waals surface area contributed by atoms with Crippen LogP contribution in [0, 0.1) is 11.8 Å². The number of ether oxygens (including phenoxy) is 1. The average Bonchev–Trinajstić information content (AvgIpc) is 3.84. The summed E-state index contributed by atoms with van der Waals surface area (Å²) in [5.41, 5.74) is 2.25. The van der Waals surface area contributed by atoms with Crippen LogP contribution in [-0.2, 0) is 17.8 Å². The molecule has 7 rings (SSSR count). The topological polar surface area (TPSA) is 110 Å². The van der Waals surface area contributed by atoms with Gasteiger partial charge in [0.15, 0.2) is 5.65 Å². The van der Waals surface area contributed by atoms with Gasteiger partial charge in [-0.25, -0.2) is 9.50 Å². The van der Waals surface area contributed by atoms with E-state index in [-0.39, 0.29) is 45.7 Å². The molecule has 2 aromatic carbocycles. The zero-order chi connectivity index (χ0) is 32.5. The van der Waals surface area contributed by atoms with Crippen molar-refractivity contribution in [3.63, 3.8) is 0 Å². The first kappa shape index (κ1) is 30.8. The number of anilines is 1. The molecule has 0 unspecified atom stereocenters. The van der Waals surface area contributed by atoms with Crippen LogP contribution in [0.2, 0.25) is 5.02 Å². The third-order valence-corrected chi connectivity index (χ3v) is 8.95. The molecule has 2 fully saturated rings. The number of carbonyl (C=O) groups excluding carboxylic acids is 2. The third kappa shape index (κ3) is 6.67. The van der Waals surface area contributed by atoms with Crippen LogP contribution < -0.4 is 10.1 Å². The van der Waals surface area contributed by atoms with Gasteiger partial charge in [0.1, 0.15) is 23.6 Å². The number of aromatic nitrogens is 5. The molecular weight excluding hydrogens is 630 g/mol. The Bertz CT molecular complexity index is 1900. The molecule has 0 radical (unpaired) electrons. The van der Waals surface area contributed by atoms with Crippen LogP contribution in [0.5, 0.6) is 5.75 Å². The second-order valence-corrected chi connectivity index (χ2v) is 12.3. The van der Waals surface area contributed by atoms with E-state index in [9.17, 15) is 18.4 Å². The molecule has 242 valence electrons. The van der Waals surface area contributed by atoms with Gasteiger partial charge in [0.25, 0.3) is 5.91 Å². The van der Waals surface area contributed by atoms with Crippen molar-refractivity contribution in [2.45, 2.75) is 19.6 Å². The number of fused-ring (bicyclic) bond motifs is 2. The second-order valence-electron chi connectivity index (χ2n) is 11.8. The Kier molecular flexibility index (Phi) is 8.56. The van der Waals surface area contributed by atoms with Crippen LogP contribution in [0.4, 0.5) is 14.5 Å². The van der Waals surface area contributed by atoms with Gasteiger partial charge >= 0.3 is 6.61 Å². The third-order valence-electron chi connectivity index (χ3n) is 8.72. The highest BCUT2D eigenvalue weighted by Crippen LogP contribution is 2.37. The Morgan fingerprint density at radius 3 is 2.60 bits per heavy atom. The van der Waals surface area contributed by atoms with E-state index in [1.54, 1.807) is 12.3 Å². The summed E-state index contributed by atoms with van der Waals surface area (Å²) in [7, 11) is 0. The van der Waals surface area contributed by atoms with Crippen molar-refractivity contribution in [1.29, 1.82) is 0 Å². The van der Waals surface area contributed by atoms with Crippen molar-refractivity contribution >= 4 is 34.7 Å². The quantitative estimate of drug-likeness (QED) is 0.231. The molecule has 2 amide bonds. The number of halogens is 3. The Morgan fingerprint density at radius 1 is 1.04 bits per heavy atom. The van der Waals surface area contributed by atoms with Gasteiger partial charge in [-0.1, -0.05) is 41.9 Å². The molecule has 2 saturated heterocycles. The van der Waals surface area contributed by atoms with E-state index < -0.39 is 12.5 Å². The van der Waals surface area contributed by atoms with E-state index in [2.05, 4.69) is 49.7 Å². The Hall–Kier alpha value is -4.88. The molecule has 11 nitrogen and oxygen atoms in total. The van der Waals surface area contributed by atoms with Gasteiger partial charge in [0.2, 0.25) is 5.91 Å². The largest absolute Gasteiger partial charge is 0.434 e. The molecule has 3 aromatic heterocycles. The first-order valence-corrected chi connectivity index (χ1v) is 15.6. The second kappa shape index (κ2) is 13.1. The first-order chi connectivity index (χ1) is 22.8. The van der Waals surface area contributed by atoms with E-state index in [4.69, 9.17) is 16.3 Å². The summed E-state index contributed by atoms with van der Waals surface area (Å²) in [6.45, 7) is 0.986. The van der Waals surface area contributed by atoms with Crippen molar-refractivity contribution in [3.05, 3.63) is 95.5 Å². The molecule has 5 aromatic rings. The molecule has 47 heavy (non-hydrogen) atoms. The number of nitrogens with one attached hydrogen (secondary N) is 1. The maximum absolute atomic E-state index is 13.5. The highest BCUT2D eigenvalue weighted by Gasteiger charge is 2.41. The minimum atomic E-state index is -3.11. The standard InChI is InChI=1S/C33H31ClF2N8O3/c34-24-7-8-28(47-33(35)36)25(13-24)30-27(39-32(46)26-14-38-44-11-4-10-37-31(26)44)19-43(40-30)20-29(45)42-17-22-15-41(16-23(22)18-42)12-9-21-5-2-1-3-6-21/h1-8,10-11,13-14,19,22-23,33H,9,12,15-18,20H2,(H,39,46)/t22-,23+. The molecule has 14 heteroatoms. The summed E-state index contributed by atoms with van der Waals surface area (Å²) in [4.78, 5) is 35.5. The molecule has 2 aliphatic heterocycles. The maximum Gasteiger partial charge on any atom is 0.387 e.